The molecule has 1 N–H and O–H groups in total. The maximum absolute atomic E-state index is 13.2. The molecule has 0 aliphatic carbocycles. The smallest absolute Gasteiger partial charge is 0.416 e. The van der Waals surface area contributed by atoms with Crippen LogP contribution in [0.1, 0.15) is 33.9 Å². The van der Waals surface area contributed by atoms with Crippen LogP contribution in [0.15, 0.2) is 72.3 Å². The van der Waals surface area contributed by atoms with E-state index in [0.29, 0.717) is 22.4 Å². The predicted octanol–water partition coefficient (Wildman–Crippen LogP) is 5.96. The normalized spacial score (nSPS) is 17.7. The first-order chi connectivity index (χ1) is 16.5. The maximum Gasteiger partial charge on any atom is 0.416 e. The van der Waals surface area contributed by atoms with Crippen molar-refractivity contribution in [1.29, 1.82) is 0 Å². The number of hydrogen-bond donors (Lipinski definition) is 1. The van der Waals surface area contributed by atoms with Crippen molar-refractivity contribution in [2.45, 2.75) is 26.1 Å². The number of halogens is 3. The Morgan fingerprint density at radius 2 is 1.60 bits per heavy atom. The fraction of sp³-hybridized carbons (Fsp3) is 0.185. The van der Waals surface area contributed by atoms with Crippen molar-refractivity contribution in [3.05, 3.63) is 100 Å². The van der Waals surface area contributed by atoms with Crippen molar-refractivity contribution in [2.24, 2.45) is 0 Å². The van der Waals surface area contributed by atoms with Crippen LogP contribution in [0.2, 0.25) is 0 Å². The van der Waals surface area contributed by atoms with Gasteiger partial charge in [0, 0.05) is 11.3 Å². The average molecular weight is 481 g/mol. The number of carbonyl (C=O) groups is 2. The Kier molecular flexibility index (Phi) is 6.15. The molecular formula is C27H22F3NO4. The number of Topliss-reactive ketones (excluding diaryl/α,β-unsaturated/α-hetero) is 1. The molecule has 1 saturated heterocycles. The van der Waals surface area contributed by atoms with Crippen molar-refractivity contribution in [3.8, 4) is 5.75 Å². The van der Waals surface area contributed by atoms with Crippen molar-refractivity contribution in [2.75, 3.05) is 12.0 Å². The molecule has 1 amide bonds. The lowest BCUT2D eigenvalue weighted by Crippen LogP contribution is -2.29. The number of rotatable bonds is 4. The molecule has 3 aromatic carbocycles. The van der Waals surface area contributed by atoms with Crippen LogP contribution in [0, 0.1) is 13.8 Å². The molecule has 1 unspecified atom stereocenters. The second kappa shape index (κ2) is 8.94. The van der Waals surface area contributed by atoms with Gasteiger partial charge in [-0.05, 0) is 73.0 Å². The summed E-state index contributed by atoms with van der Waals surface area (Å²) in [5, 5.41) is 11.2. The Balaban J connectivity index is 1.92. The zero-order chi connectivity index (χ0) is 25.5. The van der Waals surface area contributed by atoms with E-state index in [4.69, 9.17) is 4.74 Å². The highest BCUT2D eigenvalue weighted by Gasteiger charge is 2.47. The van der Waals surface area contributed by atoms with E-state index in [1.165, 1.54) is 7.11 Å². The average Bonchev–Trinajstić information content (AvgIpc) is 3.08. The van der Waals surface area contributed by atoms with E-state index in [1.54, 1.807) is 56.3 Å². The number of nitrogens with zero attached hydrogens (tertiary/aromatic N) is 1. The highest BCUT2D eigenvalue weighted by molar-refractivity contribution is 6.51. The summed E-state index contributed by atoms with van der Waals surface area (Å²) in [6, 6.07) is 14.9. The van der Waals surface area contributed by atoms with Crippen LogP contribution >= 0.6 is 0 Å². The van der Waals surface area contributed by atoms with Crippen LogP contribution in [0.4, 0.5) is 18.9 Å². The zero-order valence-electron chi connectivity index (χ0n) is 19.2. The summed E-state index contributed by atoms with van der Waals surface area (Å²) in [5.41, 5.74) is 1.42. The fourth-order valence-electron chi connectivity index (χ4n) is 4.28. The number of aliphatic hydroxyl groups is 1. The van der Waals surface area contributed by atoms with Gasteiger partial charge in [-0.25, -0.2) is 0 Å². The van der Waals surface area contributed by atoms with Gasteiger partial charge < -0.3 is 9.84 Å². The third kappa shape index (κ3) is 4.27. The lowest BCUT2D eigenvalue weighted by Gasteiger charge is -2.27. The number of aliphatic hydroxyl groups excluding tert-OH is 1. The Labute approximate surface area is 200 Å². The van der Waals surface area contributed by atoms with Crippen LogP contribution in [-0.4, -0.2) is 23.9 Å². The van der Waals surface area contributed by atoms with Gasteiger partial charge >= 0.3 is 6.18 Å². The molecule has 1 aliphatic heterocycles. The number of benzene rings is 3. The molecule has 35 heavy (non-hydrogen) atoms. The molecule has 0 saturated carbocycles. The quantitative estimate of drug-likeness (QED) is 0.284. The number of amides is 1. The van der Waals surface area contributed by atoms with Crippen LogP contribution in [0.25, 0.3) is 5.76 Å². The SMILES string of the molecule is COc1ccc(/C(O)=C2\C(=O)C(=O)N(c3ccc(C(F)(F)F)cc3)C2c2ccccc2C)cc1C. The van der Waals surface area contributed by atoms with Crippen LogP contribution in [0.3, 0.4) is 0 Å². The lowest BCUT2D eigenvalue weighted by atomic mass is 9.92. The highest BCUT2D eigenvalue weighted by Crippen LogP contribution is 2.44. The number of alkyl halides is 3. The Bertz CT molecular complexity index is 1340. The first-order valence-corrected chi connectivity index (χ1v) is 10.7. The van der Waals surface area contributed by atoms with Gasteiger partial charge in [0.1, 0.15) is 11.5 Å². The molecule has 5 nitrogen and oxygen atoms in total. The third-order valence-corrected chi connectivity index (χ3v) is 6.07. The molecule has 1 heterocycles. The zero-order valence-corrected chi connectivity index (χ0v) is 19.2. The number of ketones is 1. The van der Waals surface area contributed by atoms with Gasteiger partial charge in [-0.2, -0.15) is 13.2 Å². The molecule has 8 heteroatoms. The maximum atomic E-state index is 13.2. The molecule has 0 bridgehead atoms. The summed E-state index contributed by atoms with van der Waals surface area (Å²) in [4.78, 5) is 27.5. The lowest BCUT2D eigenvalue weighted by molar-refractivity contribution is -0.137. The Morgan fingerprint density at radius 1 is 0.943 bits per heavy atom. The van der Waals surface area contributed by atoms with E-state index in [-0.39, 0.29) is 17.0 Å². The topological polar surface area (TPSA) is 66.8 Å². The van der Waals surface area contributed by atoms with Crippen molar-refractivity contribution >= 4 is 23.1 Å². The number of carbonyl (C=O) groups excluding carboxylic acids is 2. The second-order valence-electron chi connectivity index (χ2n) is 8.25. The van der Waals surface area contributed by atoms with E-state index in [9.17, 15) is 27.9 Å². The van der Waals surface area contributed by atoms with Crippen molar-refractivity contribution in [3.63, 3.8) is 0 Å². The van der Waals surface area contributed by atoms with E-state index < -0.39 is 29.5 Å². The summed E-state index contributed by atoms with van der Waals surface area (Å²) >= 11 is 0. The van der Waals surface area contributed by atoms with Gasteiger partial charge in [-0.3, -0.25) is 14.5 Å². The standard InChI is InChI=1S/C27H22F3NO4/c1-15-6-4-5-7-20(15)23-22(24(32)17-8-13-21(35-3)16(2)14-17)25(33)26(34)31(23)19-11-9-18(10-12-19)27(28,29)30/h4-14,23,32H,1-3H3/b24-22+. The molecule has 0 radical (unpaired) electrons. The number of aryl methyl sites for hydroxylation is 2. The molecular weight excluding hydrogens is 459 g/mol. The molecule has 0 spiro atoms. The van der Waals surface area contributed by atoms with Crippen molar-refractivity contribution in [1.82, 2.24) is 0 Å². The molecule has 4 rings (SSSR count). The fourth-order valence-corrected chi connectivity index (χ4v) is 4.28. The second-order valence-corrected chi connectivity index (χ2v) is 8.25. The largest absolute Gasteiger partial charge is 0.507 e. The van der Waals surface area contributed by atoms with Gasteiger partial charge in [0.05, 0.1) is 24.3 Å². The number of anilines is 1. The first kappa shape index (κ1) is 24.1. The minimum Gasteiger partial charge on any atom is -0.507 e. The summed E-state index contributed by atoms with van der Waals surface area (Å²) in [6.45, 7) is 3.56. The number of ether oxygens (including phenoxy) is 1. The van der Waals surface area contributed by atoms with Gasteiger partial charge in [-0.1, -0.05) is 24.3 Å². The summed E-state index contributed by atoms with van der Waals surface area (Å²) < 4.78 is 44.5. The number of hydrogen-bond acceptors (Lipinski definition) is 4. The molecule has 1 fully saturated rings. The van der Waals surface area contributed by atoms with Crippen LogP contribution < -0.4 is 9.64 Å². The summed E-state index contributed by atoms with van der Waals surface area (Å²) in [7, 11) is 1.51. The Hall–Kier alpha value is -4.07. The monoisotopic (exact) mass is 481 g/mol. The van der Waals surface area contributed by atoms with E-state index in [2.05, 4.69) is 0 Å². The predicted molar refractivity (Wildman–Crippen MR) is 125 cm³/mol. The highest BCUT2D eigenvalue weighted by atomic mass is 19.4. The molecule has 1 aliphatic rings. The third-order valence-electron chi connectivity index (χ3n) is 6.07. The molecule has 3 aromatic rings. The van der Waals surface area contributed by atoms with Crippen LogP contribution in [0.5, 0.6) is 5.75 Å². The van der Waals surface area contributed by atoms with E-state index >= 15 is 0 Å². The van der Waals surface area contributed by atoms with Crippen LogP contribution in [-0.2, 0) is 15.8 Å². The summed E-state index contributed by atoms with van der Waals surface area (Å²) in [6.07, 6.45) is -4.55. The summed E-state index contributed by atoms with van der Waals surface area (Å²) in [5.74, 6) is -1.66. The number of methoxy groups -OCH3 is 1. The first-order valence-electron chi connectivity index (χ1n) is 10.7. The van der Waals surface area contributed by atoms with E-state index in [1.807, 2.05) is 0 Å². The molecule has 180 valence electrons. The molecule has 1 atom stereocenters. The minimum absolute atomic E-state index is 0.110. The van der Waals surface area contributed by atoms with Gasteiger partial charge in [0.25, 0.3) is 11.7 Å². The minimum atomic E-state index is -4.55. The van der Waals surface area contributed by atoms with Gasteiger partial charge in [-0.15, -0.1) is 0 Å². The van der Waals surface area contributed by atoms with Gasteiger partial charge in [0.15, 0.2) is 0 Å². The Morgan fingerprint density at radius 3 is 2.17 bits per heavy atom. The molecule has 0 aromatic heterocycles. The van der Waals surface area contributed by atoms with Gasteiger partial charge in [0.2, 0.25) is 0 Å². The van der Waals surface area contributed by atoms with E-state index in [0.717, 1.165) is 34.7 Å². The van der Waals surface area contributed by atoms with Crippen molar-refractivity contribution < 1.29 is 32.6 Å².